The quantitative estimate of drug-likeness (QED) is 0.487. The van der Waals surface area contributed by atoms with Crippen molar-refractivity contribution < 1.29 is 4.74 Å². The largest absolute Gasteiger partial charge is 0.376 e. The van der Waals surface area contributed by atoms with Crippen LogP contribution in [-0.4, -0.2) is 55.7 Å². The topological polar surface area (TPSA) is 15.7 Å². The number of nitrogens with zero attached hydrogens (tertiary/aromatic N) is 2. The van der Waals surface area contributed by atoms with Crippen LogP contribution in [0, 0.1) is 0 Å². The van der Waals surface area contributed by atoms with E-state index in [1.54, 1.807) is 0 Å². The van der Waals surface area contributed by atoms with Crippen LogP contribution in [-0.2, 0) is 4.74 Å². The number of benzene rings is 2. The molecule has 1 heterocycles. The van der Waals surface area contributed by atoms with Gasteiger partial charge in [-0.2, -0.15) is 0 Å². The molecule has 1 aliphatic rings. The predicted octanol–water partition coefficient (Wildman–Crippen LogP) is 4.64. The van der Waals surface area contributed by atoms with E-state index in [1.807, 2.05) is 19.1 Å². The highest BCUT2D eigenvalue weighted by atomic mass is 35.5. The summed E-state index contributed by atoms with van der Waals surface area (Å²) in [6.07, 6.45) is 0. The third-order valence-electron chi connectivity index (χ3n) is 4.97. The molecule has 1 aliphatic heterocycles. The zero-order chi connectivity index (χ0) is 19.1. The summed E-state index contributed by atoms with van der Waals surface area (Å²) in [4.78, 5) is 5.06. The van der Waals surface area contributed by atoms with Gasteiger partial charge in [0.15, 0.2) is 0 Å². The summed E-state index contributed by atoms with van der Waals surface area (Å²) in [6.45, 7) is 12.5. The first-order chi connectivity index (χ1) is 13.1. The summed E-state index contributed by atoms with van der Waals surface area (Å²) < 4.78 is 5.65. The lowest BCUT2D eigenvalue weighted by atomic mass is 9.96. The standard InChI is InChI=1S/C23H29ClN2O/c1-19(2)18-27-17-16-25-12-14-26(15-13-25)23(20-6-4-3-5-7-20)21-8-10-22(24)11-9-21/h3-11,23H,1,12-18H2,2H3. The molecular weight excluding hydrogens is 356 g/mol. The van der Waals surface area contributed by atoms with Gasteiger partial charge >= 0.3 is 0 Å². The van der Waals surface area contributed by atoms with Gasteiger partial charge < -0.3 is 4.74 Å². The van der Waals surface area contributed by atoms with Crippen LogP contribution in [0.2, 0.25) is 5.02 Å². The Kier molecular flexibility index (Phi) is 7.48. The fourth-order valence-corrected chi connectivity index (χ4v) is 3.71. The van der Waals surface area contributed by atoms with Crippen molar-refractivity contribution in [2.24, 2.45) is 0 Å². The Labute approximate surface area is 168 Å². The van der Waals surface area contributed by atoms with Crippen LogP contribution >= 0.6 is 11.6 Å². The zero-order valence-electron chi connectivity index (χ0n) is 16.1. The van der Waals surface area contributed by atoms with Gasteiger partial charge in [0.2, 0.25) is 0 Å². The maximum Gasteiger partial charge on any atom is 0.0672 e. The van der Waals surface area contributed by atoms with Gasteiger partial charge in [-0.3, -0.25) is 9.80 Å². The van der Waals surface area contributed by atoms with Crippen molar-refractivity contribution in [1.29, 1.82) is 0 Å². The average Bonchev–Trinajstić information content (AvgIpc) is 2.69. The molecule has 4 heteroatoms. The van der Waals surface area contributed by atoms with Gasteiger partial charge in [-0.15, -0.1) is 0 Å². The van der Waals surface area contributed by atoms with Crippen LogP contribution < -0.4 is 0 Å². The van der Waals surface area contributed by atoms with Crippen LogP contribution in [0.25, 0.3) is 0 Å². The van der Waals surface area contributed by atoms with Crippen LogP contribution in [0.15, 0.2) is 66.7 Å². The minimum absolute atomic E-state index is 0.269. The van der Waals surface area contributed by atoms with E-state index in [0.29, 0.717) is 6.61 Å². The summed E-state index contributed by atoms with van der Waals surface area (Å²) in [5.41, 5.74) is 3.70. The Morgan fingerprint density at radius 3 is 2.26 bits per heavy atom. The van der Waals surface area contributed by atoms with E-state index in [4.69, 9.17) is 16.3 Å². The Morgan fingerprint density at radius 1 is 1.00 bits per heavy atom. The first-order valence-electron chi connectivity index (χ1n) is 9.62. The van der Waals surface area contributed by atoms with E-state index in [9.17, 15) is 0 Å². The van der Waals surface area contributed by atoms with Gasteiger partial charge in [0.05, 0.1) is 19.3 Å². The van der Waals surface area contributed by atoms with Gasteiger partial charge in [0, 0.05) is 37.7 Å². The fourth-order valence-electron chi connectivity index (χ4n) is 3.58. The third-order valence-corrected chi connectivity index (χ3v) is 5.23. The Bertz CT molecular complexity index is 709. The number of halogens is 1. The van der Waals surface area contributed by atoms with Gasteiger partial charge in [-0.1, -0.05) is 66.2 Å². The van der Waals surface area contributed by atoms with Crippen molar-refractivity contribution in [3.8, 4) is 0 Å². The van der Waals surface area contributed by atoms with Crippen LogP contribution in [0.1, 0.15) is 24.1 Å². The first kappa shape index (κ1) is 20.1. The molecule has 0 amide bonds. The molecule has 2 aromatic rings. The molecule has 0 aromatic heterocycles. The van der Waals surface area contributed by atoms with Crippen molar-refractivity contribution in [3.05, 3.63) is 82.9 Å². The second-order valence-electron chi connectivity index (χ2n) is 7.25. The molecule has 1 atom stereocenters. The number of hydrogen-bond acceptors (Lipinski definition) is 3. The van der Waals surface area contributed by atoms with Crippen LogP contribution in [0.5, 0.6) is 0 Å². The number of rotatable bonds is 8. The van der Waals surface area contributed by atoms with Crippen molar-refractivity contribution in [3.63, 3.8) is 0 Å². The molecule has 0 saturated carbocycles. The molecule has 1 unspecified atom stereocenters. The Hall–Kier alpha value is -1.65. The van der Waals surface area contributed by atoms with E-state index < -0.39 is 0 Å². The molecule has 1 fully saturated rings. The SMILES string of the molecule is C=C(C)COCCN1CCN(C(c2ccccc2)c2ccc(Cl)cc2)CC1. The molecule has 2 aromatic carbocycles. The van der Waals surface area contributed by atoms with Gasteiger partial charge in [0.25, 0.3) is 0 Å². The Balaban J connectivity index is 1.63. The van der Waals surface area contributed by atoms with Crippen molar-refractivity contribution in [1.82, 2.24) is 9.80 Å². The first-order valence-corrected chi connectivity index (χ1v) is 10.0. The highest BCUT2D eigenvalue weighted by Crippen LogP contribution is 2.30. The highest BCUT2D eigenvalue weighted by molar-refractivity contribution is 6.30. The van der Waals surface area contributed by atoms with E-state index in [-0.39, 0.29) is 6.04 Å². The summed E-state index contributed by atoms with van der Waals surface area (Å²) >= 11 is 6.11. The molecule has 0 radical (unpaired) electrons. The average molecular weight is 385 g/mol. The zero-order valence-corrected chi connectivity index (χ0v) is 16.9. The smallest absolute Gasteiger partial charge is 0.0672 e. The van der Waals surface area contributed by atoms with Gasteiger partial charge in [-0.25, -0.2) is 0 Å². The van der Waals surface area contributed by atoms with Crippen molar-refractivity contribution in [2.75, 3.05) is 45.9 Å². The van der Waals surface area contributed by atoms with Crippen LogP contribution in [0.4, 0.5) is 0 Å². The van der Waals surface area contributed by atoms with Gasteiger partial charge in [0.1, 0.15) is 0 Å². The lowest BCUT2D eigenvalue weighted by molar-refractivity contribution is 0.0735. The molecule has 1 saturated heterocycles. The molecular formula is C23H29ClN2O. The third kappa shape index (κ3) is 5.91. The molecule has 0 bridgehead atoms. The molecule has 0 N–H and O–H groups in total. The predicted molar refractivity (Wildman–Crippen MR) is 113 cm³/mol. The summed E-state index contributed by atoms with van der Waals surface area (Å²) in [5, 5.41) is 0.783. The summed E-state index contributed by atoms with van der Waals surface area (Å²) in [6, 6.07) is 19.3. The minimum Gasteiger partial charge on any atom is -0.376 e. The van der Waals surface area contributed by atoms with Gasteiger partial charge in [-0.05, 0) is 30.2 Å². The number of piperazine rings is 1. The van der Waals surface area contributed by atoms with E-state index >= 15 is 0 Å². The fraction of sp³-hybridized carbons (Fsp3) is 0.391. The molecule has 3 rings (SSSR count). The van der Waals surface area contributed by atoms with Crippen molar-refractivity contribution >= 4 is 11.6 Å². The number of hydrogen-bond donors (Lipinski definition) is 0. The second kappa shape index (κ2) is 10.0. The Morgan fingerprint density at radius 2 is 1.63 bits per heavy atom. The number of ether oxygens (including phenoxy) is 1. The normalized spacial score (nSPS) is 17.0. The molecule has 3 nitrogen and oxygen atoms in total. The molecule has 0 aliphatic carbocycles. The second-order valence-corrected chi connectivity index (χ2v) is 7.69. The monoisotopic (exact) mass is 384 g/mol. The summed E-state index contributed by atoms with van der Waals surface area (Å²) in [5.74, 6) is 0. The van der Waals surface area contributed by atoms with Crippen molar-refractivity contribution in [2.45, 2.75) is 13.0 Å². The van der Waals surface area contributed by atoms with E-state index in [0.717, 1.165) is 49.9 Å². The van der Waals surface area contributed by atoms with Crippen LogP contribution in [0.3, 0.4) is 0 Å². The maximum absolute atomic E-state index is 6.11. The maximum atomic E-state index is 6.11. The highest BCUT2D eigenvalue weighted by Gasteiger charge is 2.26. The lowest BCUT2D eigenvalue weighted by Gasteiger charge is -2.39. The molecule has 0 spiro atoms. The minimum atomic E-state index is 0.269. The lowest BCUT2D eigenvalue weighted by Crippen LogP contribution is -2.48. The molecule has 27 heavy (non-hydrogen) atoms. The summed E-state index contributed by atoms with van der Waals surface area (Å²) in [7, 11) is 0. The van der Waals surface area contributed by atoms with E-state index in [1.165, 1.54) is 11.1 Å². The van der Waals surface area contributed by atoms with E-state index in [2.05, 4.69) is 58.8 Å². The molecule has 144 valence electrons.